The third-order valence-corrected chi connectivity index (χ3v) is 5.53. The van der Waals surface area contributed by atoms with Crippen LogP contribution in [0.5, 0.6) is 0 Å². The molecule has 8 nitrogen and oxygen atoms in total. The number of benzene rings is 1. The van der Waals surface area contributed by atoms with E-state index in [0.29, 0.717) is 17.9 Å². The number of carbonyl (C=O) groups is 1. The summed E-state index contributed by atoms with van der Waals surface area (Å²) in [6.45, 7) is 2.76. The van der Waals surface area contributed by atoms with Gasteiger partial charge in [-0.15, -0.1) is 0 Å². The van der Waals surface area contributed by atoms with E-state index in [1.54, 1.807) is 28.3 Å². The first-order valence-corrected chi connectivity index (χ1v) is 9.48. The molecule has 2 N–H and O–H groups in total. The number of nitrogens with one attached hydrogen (secondary N) is 2. The Hall–Kier alpha value is -3.86. The molecule has 0 saturated carbocycles. The van der Waals surface area contributed by atoms with E-state index in [9.17, 15) is 10.1 Å². The normalized spacial score (nSPS) is 22.1. The number of aromatic nitrogens is 3. The fourth-order valence-corrected chi connectivity index (χ4v) is 4.12. The fraction of sp³-hybridized carbons (Fsp3) is 0.238. The number of rotatable bonds is 4. The number of H-pyrrole nitrogens is 1. The van der Waals surface area contributed by atoms with Crippen molar-refractivity contribution in [1.29, 1.82) is 5.26 Å². The Morgan fingerprint density at radius 1 is 1.31 bits per heavy atom. The molecule has 2 fully saturated rings. The maximum Gasteiger partial charge on any atom is 0.276 e. The molecule has 1 amide bonds. The van der Waals surface area contributed by atoms with Crippen molar-refractivity contribution in [3.05, 3.63) is 60.6 Å². The zero-order valence-electron chi connectivity index (χ0n) is 15.8. The fourth-order valence-electron chi connectivity index (χ4n) is 4.12. The molecule has 0 spiro atoms. The molecule has 3 aromatic rings. The number of nitrogens with zero attached hydrogens (tertiary/aromatic N) is 5. The van der Waals surface area contributed by atoms with Crippen LogP contribution in [0.4, 0.5) is 11.4 Å². The van der Waals surface area contributed by atoms with Gasteiger partial charge in [-0.2, -0.15) is 10.4 Å². The van der Waals surface area contributed by atoms with Crippen LogP contribution in [0, 0.1) is 17.4 Å². The topological polar surface area (TPSA) is 101 Å². The number of hydrogen-bond acceptors (Lipinski definition) is 6. The summed E-state index contributed by atoms with van der Waals surface area (Å²) >= 11 is 0. The summed E-state index contributed by atoms with van der Waals surface area (Å²) in [4.78, 5) is 20.6. The van der Waals surface area contributed by atoms with Gasteiger partial charge in [-0.05, 0) is 30.2 Å². The molecule has 4 heterocycles. The molecular weight excluding hydrogens is 366 g/mol. The second kappa shape index (κ2) is 6.63. The van der Waals surface area contributed by atoms with E-state index < -0.39 is 0 Å². The second-order valence-electron chi connectivity index (χ2n) is 7.43. The van der Waals surface area contributed by atoms with Crippen LogP contribution in [0.15, 0.2) is 54.9 Å². The van der Waals surface area contributed by atoms with E-state index >= 15 is 0 Å². The first-order chi connectivity index (χ1) is 14.2. The maximum absolute atomic E-state index is 12.9. The highest BCUT2D eigenvalue weighted by atomic mass is 16.2. The van der Waals surface area contributed by atoms with E-state index in [1.165, 1.54) is 0 Å². The van der Waals surface area contributed by atoms with Crippen LogP contribution in [-0.4, -0.2) is 49.6 Å². The monoisotopic (exact) mass is 385 g/mol. The standard InChI is InChI=1S/C21H19N7O/c1-13-11-27(12-22)20-19(13)28(20)21(29)18-9-17(25-26-18)15-10-23-8-7-16(15)24-14-5-3-2-4-6-14/h2-10,13,19-20H,11H2,1H3,(H,23,24)(H,25,26)/t13?,19-,20?,28?/m1/s1. The molecule has 144 valence electrons. The minimum absolute atomic E-state index is 0.0935. The quantitative estimate of drug-likeness (QED) is 0.529. The van der Waals surface area contributed by atoms with Gasteiger partial charge in [-0.1, -0.05) is 25.1 Å². The maximum atomic E-state index is 12.9. The lowest BCUT2D eigenvalue weighted by Crippen LogP contribution is -2.30. The van der Waals surface area contributed by atoms with E-state index in [-0.39, 0.29) is 24.0 Å². The predicted octanol–water partition coefficient (Wildman–Crippen LogP) is 2.80. The van der Waals surface area contributed by atoms with Gasteiger partial charge in [-0.3, -0.25) is 19.8 Å². The molecule has 8 heteroatoms. The van der Waals surface area contributed by atoms with Gasteiger partial charge in [0.2, 0.25) is 0 Å². The number of carbonyl (C=O) groups excluding carboxylic acids is 1. The Bertz CT molecular complexity index is 1100. The average Bonchev–Trinajstić information content (AvgIpc) is 3.12. The lowest BCUT2D eigenvalue weighted by Gasteiger charge is -2.16. The zero-order valence-corrected chi connectivity index (χ0v) is 15.8. The van der Waals surface area contributed by atoms with Crippen molar-refractivity contribution in [3.8, 4) is 17.5 Å². The van der Waals surface area contributed by atoms with E-state index in [1.807, 2.05) is 36.4 Å². The number of fused-ring (bicyclic) bond motifs is 1. The largest absolute Gasteiger partial charge is 0.355 e. The summed E-state index contributed by atoms with van der Waals surface area (Å²) in [6.07, 6.45) is 5.50. The minimum atomic E-state index is -0.157. The average molecular weight is 385 g/mol. The van der Waals surface area contributed by atoms with Crippen molar-refractivity contribution >= 4 is 17.3 Å². The molecular formula is C21H19N7O. The van der Waals surface area contributed by atoms with Crippen molar-refractivity contribution in [3.63, 3.8) is 0 Å². The second-order valence-corrected chi connectivity index (χ2v) is 7.43. The summed E-state index contributed by atoms with van der Waals surface area (Å²) in [7, 11) is 0. The highest BCUT2D eigenvalue weighted by molar-refractivity contribution is 5.96. The number of para-hydroxylation sites is 1. The molecule has 2 aliphatic rings. The van der Waals surface area contributed by atoms with Crippen molar-refractivity contribution in [2.75, 3.05) is 11.9 Å². The summed E-state index contributed by atoms with van der Waals surface area (Å²) < 4.78 is 0. The Labute approximate surface area is 167 Å². The Balaban J connectivity index is 1.39. The van der Waals surface area contributed by atoms with Crippen LogP contribution in [0.2, 0.25) is 0 Å². The van der Waals surface area contributed by atoms with Gasteiger partial charge >= 0.3 is 0 Å². The number of amides is 1. The van der Waals surface area contributed by atoms with Gasteiger partial charge in [-0.25, -0.2) is 0 Å². The smallest absolute Gasteiger partial charge is 0.276 e. The van der Waals surface area contributed by atoms with E-state index in [4.69, 9.17) is 0 Å². The van der Waals surface area contributed by atoms with E-state index in [0.717, 1.165) is 16.9 Å². The first-order valence-electron chi connectivity index (χ1n) is 9.48. The SMILES string of the molecule is CC1CN(C#N)C2[C@@H]1N2C(=O)c1cc(-c2cnccc2Nc2ccccc2)[nH]n1. The van der Waals surface area contributed by atoms with E-state index in [2.05, 4.69) is 33.6 Å². The van der Waals surface area contributed by atoms with Gasteiger partial charge in [0.25, 0.3) is 5.91 Å². The molecule has 29 heavy (non-hydrogen) atoms. The van der Waals surface area contributed by atoms with Gasteiger partial charge in [0.15, 0.2) is 11.9 Å². The molecule has 2 saturated heterocycles. The number of likely N-dealkylation sites (tertiary alicyclic amines) is 1. The third kappa shape index (κ3) is 2.88. The van der Waals surface area contributed by atoms with Crippen molar-refractivity contribution < 1.29 is 4.79 Å². The van der Waals surface area contributed by atoms with Gasteiger partial charge in [0.1, 0.15) is 6.17 Å². The van der Waals surface area contributed by atoms with Crippen LogP contribution < -0.4 is 5.32 Å². The van der Waals surface area contributed by atoms with Crippen molar-refractivity contribution in [2.24, 2.45) is 5.92 Å². The number of anilines is 2. The van der Waals surface area contributed by atoms with Crippen molar-refractivity contribution in [2.45, 2.75) is 19.1 Å². The molecule has 3 atom stereocenters. The van der Waals surface area contributed by atoms with Crippen LogP contribution in [0.3, 0.4) is 0 Å². The molecule has 5 rings (SSSR count). The molecule has 0 radical (unpaired) electrons. The van der Waals surface area contributed by atoms with Gasteiger partial charge in [0.05, 0.1) is 17.4 Å². The van der Waals surface area contributed by atoms with Crippen molar-refractivity contribution in [1.82, 2.24) is 25.0 Å². The lowest BCUT2D eigenvalue weighted by molar-refractivity contribution is 0.0810. The lowest BCUT2D eigenvalue weighted by atomic mass is 10.1. The molecule has 2 aliphatic heterocycles. The summed E-state index contributed by atoms with van der Waals surface area (Å²) in [5, 5.41) is 19.8. The van der Waals surface area contributed by atoms with Crippen LogP contribution in [-0.2, 0) is 0 Å². The highest BCUT2D eigenvalue weighted by Crippen LogP contribution is 2.44. The zero-order chi connectivity index (χ0) is 20.0. The van der Waals surface area contributed by atoms with Crippen LogP contribution >= 0.6 is 0 Å². The van der Waals surface area contributed by atoms with Crippen LogP contribution in [0.25, 0.3) is 11.3 Å². The Morgan fingerprint density at radius 2 is 2.14 bits per heavy atom. The molecule has 2 aromatic heterocycles. The van der Waals surface area contributed by atoms with Gasteiger partial charge < -0.3 is 10.2 Å². The number of aromatic amines is 1. The molecule has 0 aliphatic carbocycles. The van der Waals surface area contributed by atoms with Crippen LogP contribution in [0.1, 0.15) is 17.4 Å². The predicted molar refractivity (Wildman–Crippen MR) is 107 cm³/mol. The highest BCUT2D eigenvalue weighted by Gasteiger charge is 2.62. The Kier molecular flexibility index (Phi) is 3.95. The molecule has 0 bridgehead atoms. The first kappa shape index (κ1) is 17.3. The molecule has 1 aromatic carbocycles. The summed E-state index contributed by atoms with van der Waals surface area (Å²) in [5.41, 5.74) is 3.69. The number of hydrogen-bond donors (Lipinski definition) is 2. The third-order valence-electron chi connectivity index (χ3n) is 5.53. The molecule has 2 unspecified atom stereocenters. The summed E-state index contributed by atoms with van der Waals surface area (Å²) in [5.74, 6) is 0.123. The summed E-state index contributed by atoms with van der Waals surface area (Å²) in [6, 6.07) is 13.6. The minimum Gasteiger partial charge on any atom is -0.355 e. The van der Waals surface area contributed by atoms with Gasteiger partial charge in [0, 0.05) is 30.2 Å². The Morgan fingerprint density at radius 3 is 2.93 bits per heavy atom. The number of pyridine rings is 1. The number of nitriles is 1.